The zero-order chi connectivity index (χ0) is 16.1. The van der Waals surface area contributed by atoms with Crippen LogP contribution in [0.3, 0.4) is 0 Å². The Kier molecular flexibility index (Phi) is 5.57. The molecular weight excluding hydrogens is 309 g/mol. The number of hydrogen-bond donors (Lipinski definition) is 1. The van der Waals surface area contributed by atoms with Crippen LogP contribution in [0.15, 0.2) is 41.0 Å². The summed E-state index contributed by atoms with van der Waals surface area (Å²) in [5, 5.41) is 9.56. The van der Waals surface area contributed by atoms with Crippen molar-refractivity contribution in [2.24, 2.45) is 0 Å². The molecule has 0 bridgehead atoms. The van der Waals surface area contributed by atoms with E-state index in [1.165, 1.54) is 23.3 Å². The number of amides is 1. The third kappa shape index (κ3) is 3.67. The van der Waals surface area contributed by atoms with Crippen molar-refractivity contribution < 1.29 is 18.7 Å². The topological polar surface area (TPSA) is 53.7 Å². The number of aliphatic hydroxyl groups is 1. The predicted molar refractivity (Wildman–Crippen MR) is 81.2 cm³/mol. The Morgan fingerprint density at radius 2 is 2.23 bits per heavy atom. The van der Waals surface area contributed by atoms with Gasteiger partial charge in [-0.2, -0.15) is 0 Å². The number of carbonyl (C=O) groups excluding carboxylic acids is 1. The lowest BCUT2D eigenvalue weighted by Gasteiger charge is -2.29. The van der Waals surface area contributed by atoms with E-state index in [-0.39, 0.29) is 35.7 Å². The second-order valence-electron chi connectivity index (χ2n) is 4.88. The molecule has 0 aliphatic carbocycles. The Morgan fingerprint density at radius 3 is 2.77 bits per heavy atom. The molecule has 0 saturated heterocycles. The Labute approximate surface area is 133 Å². The highest BCUT2D eigenvalue weighted by atomic mass is 35.5. The minimum Gasteiger partial charge on any atom is -0.467 e. The molecule has 1 aromatic carbocycles. The van der Waals surface area contributed by atoms with Crippen molar-refractivity contribution in [2.75, 3.05) is 6.61 Å². The molecule has 2 rings (SSSR count). The van der Waals surface area contributed by atoms with Gasteiger partial charge in [0, 0.05) is 0 Å². The summed E-state index contributed by atoms with van der Waals surface area (Å²) in [6.45, 7) is 1.90. The monoisotopic (exact) mass is 325 g/mol. The molecule has 118 valence electrons. The summed E-state index contributed by atoms with van der Waals surface area (Å²) in [7, 11) is 0. The van der Waals surface area contributed by atoms with Gasteiger partial charge in [-0.05, 0) is 36.8 Å². The van der Waals surface area contributed by atoms with Crippen LogP contribution in [0.2, 0.25) is 5.02 Å². The second-order valence-corrected chi connectivity index (χ2v) is 5.29. The highest BCUT2D eigenvalue weighted by Gasteiger charge is 2.25. The molecule has 0 radical (unpaired) electrons. The van der Waals surface area contributed by atoms with Gasteiger partial charge in [0.15, 0.2) is 0 Å². The lowest BCUT2D eigenvalue weighted by atomic mass is 10.1. The Hall–Kier alpha value is -1.85. The van der Waals surface area contributed by atoms with E-state index in [1.807, 2.05) is 6.92 Å². The number of rotatable bonds is 6. The third-order valence-electron chi connectivity index (χ3n) is 3.45. The molecular formula is C16H17ClFNO3. The number of nitrogens with zero attached hydrogens (tertiary/aromatic N) is 1. The summed E-state index contributed by atoms with van der Waals surface area (Å²) < 4.78 is 18.4. The van der Waals surface area contributed by atoms with Crippen molar-refractivity contribution in [2.45, 2.75) is 25.9 Å². The van der Waals surface area contributed by atoms with E-state index >= 15 is 0 Å². The van der Waals surface area contributed by atoms with Gasteiger partial charge in [-0.25, -0.2) is 4.39 Å². The molecule has 1 heterocycles. The van der Waals surface area contributed by atoms with Gasteiger partial charge in [0.05, 0.1) is 36.0 Å². The summed E-state index contributed by atoms with van der Waals surface area (Å²) in [5.41, 5.74) is 0.196. The van der Waals surface area contributed by atoms with Gasteiger partial charge in [0.25, 0.3) is 5.91 Å². The van der Waals surface area contributed by atoms with Crippen molar-refractivity contribution in [1.82, 2.24) is 4.90 Å². The molecule has 0 unspecified atom stereocenters. The van der Waals surface area contributed by atoms with Crippen LogP contribution in [0.25, 0.3) is 0 Å². The molecule has 1 aromatic heterocycles. The molecule has 6 heteroatoms. The molecule has 0 spiro atoms. The van der Waals surface area contributed by atoms with E-state index in [0.717, 1.165) is 6.07 Å². The highest BCUT2D eigenvalue weighted by molar-refractivity contribution is 6.33. The van der Waals surface area contributed by atoms with Crippen molar-refractivity contribution in [3.8, 4) is 0 Å². The van der Waals surface area contributed by atoms with E-state index in [1.54, 1.807) is 12.1 Å². The summed E-state index contributed by atoms with van der Waals surface area (Å²) >= 11 is 5.97. The third-order valence-corrected chi connectivity index (χ3v) is 3.76. The molecule has 0 aliphatic rings. The summed E-state index contributed by atoms with van der Waals surface area (Å²) in [6.07, 6.45) is 2.09. The van der Waals surface area contributed by atoms with Crippen molar-refractivity contribution in [3.05, 3.63) is 58.8 Å². The average Bonchev–Trinajstić information content (AvgIpc) is 3.00. The molecule has 1 amide bonds. The Bertz CT molecular complexity index is 626. The fourth-order valence-corrected chi connectivity index (χ4v) is 2.45. The standard InChI is InChI=1S/C16H17ClFNO3/c1-2-12(10-20)19(9-13-4-3-7-22-13)16(21)14-6-5-11(18)8-15(14)17/h3-8,12,20H,2,9-10H2,1H3/t12-/m0/s1. The van der Waals surface area contributed by atoms with Gasteiger partial charge in [0.1, 0.15) is 11.6 Å². The van der Waals surface area contributed by atoms with E-state index in [9.17, 15) is 14.3 Å². The first kappa shape index (κ1) is 16.5. The van der Waals surface area contributed by atoms with Crippen LogP contribution in [-0.2, 0) is 6.54 Å². The van der Waals surface area contributed by atoms with Crippen LogP contribution in [0.4, 0.5) is 4.39 Å². The summed E-state index contributed by atoms with van der Waals surface area (Å²) in [4.78, 5) is 14.2. The lowest BCUT2D eigenvalue weighted by molar-refractivity contribution is 0.0545. The minimum atomic E-state index is -0.506. The first-order valence-electron chi connectivity index (χ1n) is 6.96. The molecule has 0 fully saturated rings. The Balaban J connectivity index is 2.32. The molecule has 0 aliphatic heterocycles. The Morgan fingerprint density at radius 1 is 1.45 bits per heavy atom. The number of furan rings is 1. The molecule has 4 nitrogen and oxygen atoms in total. The van der Waals surface area contributed by atoms with Crippen LogP contribution < -0.4 is 0 Å². The maximum atomic E-state index is 13.1. The van der Waals surface area contributed by atoms with Crippen LogP contribution >= 0.6 is 11.6 Å². The van der Waals surface area contributed by atoms with Crippen LogP contribution in [0.1, 0.15) is 29.5 Å². The fraction of sp³-hybridized carbons (Fsp3) is 0.312. The van der Waals surface area contributed by atoms with Gasteiger partial charge in [-0.3, -0.25) is 4.79 Å². The molecule has 1 N–H and O–H groups in total. The van der Waals surface area contributed by atoms with Gasteiger partial charge in [0.2, 0.25) is 0 Å². The number of carbonyl (C=O) groups is 1. The van der Waals surface area contributed by atoms with Crippen LogP contribution in [-0.4, -0.2) is 28.6 Å². The van der Waals surface area contributed by atoms with Crippen molar-refractivity contribution >= 4 is 17.5 Å². The van der Waals surface area contributed by atoms with Gasteiger partial charge < -0.3 is 14.4 Å². The number of aliphatic hydroxyl groups excluding tert-OH is 1. The number of benzene rings is 1. The average molecular weight is 326 g/mol. The zero-order valence-corrected chi connectivity index (χ0v) is 12.9. The minimum absolute atomic E-state index is 0.0437. The molecule has 0 saturated carbocycles. The molecule has 1 atom stereocenters. The van der Waals surface area contributed by atoms with Gasteiger partial charge in [-0.1, -0.05) is 18.5 Å². The first-order valence-corrected chi connectivity index (χ1v) is 7.33. The highest BCUT2D eigenvalue weighted by Crippen LogP contribution is 2.22. The normalized spacial score (nSPS) is 12.2. The van der Waals surface area contributed by atoms with Crippen molar-refractivity contribution in [3.63, 3.8) is 0 Å². The zero-order valence-electron chi connectivity index (χ0n) is 12.1. The van der Waals surface area contributed by atoms with Crippen molar-refractivity contribution in [1.29, 1.82) is 0 Å². The largest absolute Gasteiger partial charge is 0.467 e. The smallest absolute Gasteiger partial charge is 0.256 e. The van der Waals surface area contributed by atoms with Crippen LogP contribution in [0, 0.1) is 5.82 Å². The van der Waals surface area contributed by atoms with E-state index in [4.69, 9.17) is 16.0 Å². The van der Waals surface area contributed by atoms with Gasteiger partial charge >= 0.3 is 0 Å². The maximum Gasteiger partial charge on any atom is 0.256 e. The number of halogens is 2. The SMILES string of the molecule is CC[C@@H](CO)N(Cc1ccco1)C(=O)c1ccc(F)cc1Cl. The van der Waals surface area contributed by atoms with Crippen LogP contribution in [0.5, 0.6) is 0 Å². The molecule has 2 aromatic rings. The predicted octanol–water partition coefficient (Wildman–Crippen LogP) is 3.49. The first-order chi connectivity index (χ1) is 10.6. The van der Waals surface area contributed by atoms with E-state index in [2.05, 4.69) is 0 Å². The maximum absolute atomic E-state index is 13.1. The van der Waals surface area contributed by atoms with Gasteiger partial charge in [-0.15, -0.1) is 0 Å². The number of hydrogen-bond acceptors (Lipinski definition) is 3. The second kappa shape index (κ2) is 7.42. The van der Waals surface area contributed by atoms with E-state index < -0.39 is 5.82 Å². The molecule has 22 heavy (non-hydrogen) atoms. The quantitative estimate of drug-likeness (QED) is 0.884. The van der Waals surface area contributed by atoms with E-state index in [0.29, 0.717) is 12.2 Å². The fourth-order valence-electron chi connectivity index (χ4n) is 2.20. The lowest BCUT2D eigenvalue weighted by Crippen LogP contribution is -2.41. The summed E-state index contributed by atoms with van der Waals surface area (Å²) in [6, 6.07) is 6.72. The summed E-state index contributed by atoms with van der Waals surface area (Å²) in [5.74, 6) is -0.283.